The molecule has 4 nitrogen and oxygen atoms in total. The number of allylic oxidation sites excluding steroid dienone is 1. The first-order valence-corrected chi connectivity index (χ1v) is 8.78. The van der Waals surface area contributed by atoms with E-state index in [2.05, 4.69) is 53.2 Å². The van der Waals surface area contributed by atoms with Crippen LogP contribution >= 0.6 is 31.9 Å². The van der Waals surface area contributed by atoms with Crippen molar-refractivity contribution in [3.05, 3.63) is 41.9 Å². The molecule has 1 atom stereocenters. The van der Waals surface area contributed by atoms with Gasteiger partial charge in [-0.05, 0) is 51.9 Å². The molecule has 1 aromatic rings. The van der Waals surface area contributed by atoms with E-state index in [-0.39, 0.29) is 0 Å². The molecule has 0 fully saturated rings. The Kier molecular flexibility index (Phi) is 5.69. The summed E-state index contributed by atoms with van der Waals surface area (Å²) in [5.74, 6) is 0. The minimum Gasteiger partial charge on any atom is -0.294 e. The molecule has 1 N–H and O–H groups in total. The number of aromatic nitrogens is 1. The van der Waals surface area contributed by atoms with Crippen molar-refractivity contribution in [1.82, 2.24) is 10.3 Å². The Labute approximate surface area is 148 Å². The van der Waals surface area contributed by atoms with Crippen LogP contribution in [0.25, 0.3) is 0 Å². The second-order valence-corrected chi connectivity index (χ2v) is 8.81. The van der Waals surface area contributed by atoms with Gasteiger partial charge in [-0.25, -0.2) is 0 Å². The van der Waals surface area contributed by atoms with E-state index in [0.717, 1.165) is 29.9 Å². The average molecular weight is 428 g/mol. The Bertz CT molecular complexity index is 608. The molecule has 118 valence electrons. The normalized spacial score (nSPS) is 24.2. The molecular weight excluding hydrogens is 408 g/mol. The predicted molar refractivity (Wildman–Crippen MR) is 100 cm³/mol. The zero-order valence-electron chi connectivity index (χ0n) is 13.0. The molecule has 1 unspecified atom stereocenters. The highest BCUT2D eigenvalue weighted by molar-refractivity contribution is 9.25. The number of aliphatic imine (C=N–C) groups is 2. The highest BCUT2D eigenvalue weighted by Crippen LogP contribution is 2.44. The summed E-state index contributed by atoms with van der Waals surface area (Å²) >= 11 is 7.39. The highest BCUT2D eigenvalue weighted by Gasteiger charge is 2.45. The van der Waals surface area contributed by atoms with Crippen LogP contribution in [0.1, 0.15) is 26.0 Å². The molecule has 0 radical (unpaired) electrons. The van der Waals surface area contributed by atoms with Gasteiger partial charge in [-0.3, -0.25) is 20.3 Å². The van der Waals surface area contributed by atoms with E-state index in [1.54, 1.807) is 6.21 Å². The first-order chi connectivity index (χ1) is 10.4. The summed E-state index contributed by atoms with van der Waals surface area (Å²) in [6.07, 6.45) is 7.31. The van der Waals surface area contributed by atoms with Crippen molar-refractivity contribution < 1.29 is 0 Å². The van der Waals surface area contributed by atoms with Crippen molar-refractivity contribution in [2.45, 2.75) is 35.6 Å². The van der Waals surface area contributed by atoms with E-state index in [1.165, 1.54) is 0 Å². The average Bonchev–Trinajstić information content (AvgIpc) is 2.50. The molecule has 2 heterocycles. The van der Waals surface area contributed by atoms with Crippen molar-refractivity contribution in [3.8, 4) is 0 Å². The molecule has 2 rings (SSSR count). The Hall–Kier alpha value is -0.850. The SMILES string of the molecule is CC=NC1=CC(Br)(Br)C(C)(NC)N=C1CCc1ccccn1. The Morgan fingerprint density at radius 1 is 1.32 bits per heavy atom. The second kappa shape index (κ2) is 7.15. The lowest BCUT2D eigenvalue weighted by atomic mass is 9.99. The van der Waals surface area contributed by atoms with Crippen LogP contribution in [-0.2, 0) is 6.42 Å². The minimum atomic E-state index is -0.487. The van der Waals surface area contributed by atoms with Crippen LogP contribution in [0.2, 0.25) is 0 Å². The molecule has 0 saturated carbocycles. The molecule has 1 aliphatic heterocycles. The molecule has 0 amide bonds. The lowest BCUT2D eigenvalue weighted by Gasteiger charge is -2.39. The van der Waals surface area contributed by atoms with Crippen LogP contribution < -0.4 is 5.32 Å². The topological polar surface area (TPSA) is 49.6 Å². The van der Waals surface area contributed by atoms with Crippen molar-refractivity contribution in [2.75, 3.05) is 7.05 Å². The second-order valence-electron chi connectivity index (χ2n) is 5.24. The smallest absolute Gasteiger partial charge is 0.139 e. The Morgan fingerprint density at radius 3 is 2.68 bits per heavy atom. The fraction of sp³-hybridized carbons (Fsp3) is 0.438. The standard InChI is InChI=1S/C16H20Br2N4/c1-4-20-14-11-16(17,18)15(2,19-3)22-13(14)9-8-12-7-5-6-10-21-12/h4-7,10-11,19H,8-9H2,1-3H3. The van der Waals surface area contributed by atoms with Gasteiger partial charge in [-0.1, -0.05) is 37.9 Å². The molecule has 0 aliphatic carbocycles. The van der Waals surface area contributed by atoms with Gasteiger partial charge in [0.15, 0.2) is 0 Å². The number of rotatable bonds is 5. The Morgan fingerprint density at radius 2 is 2.09 bits per heavy atom. The lowest BCUT2D eigenvalue weighted by Crippen LogP contribution is -2.53. The number of aryl methyl sites for hydroxylation is 1. The monoisotopic (exact) mass is 426 g/mol. The maximum absolute atomic E-state index is 4.90. The molecule has 1 aromatic heterocycles. The summed E-state index contributed by atoms with van der Waals surface area (Å²) in [5, 5.41) is 3.27. The first kappa shape index (κ1) is 17.5. The van der Waals surface area contributed by atoms with Crippen molar-refractivity contribution in [2.24, 2.45) is 9.98 Å². The van der Waals surface area contributed by atoms with E-state index in [0.29, 0.717) is 0 Å². The number of hydrogen-bond donors (Lipinski definition) is 1. The van der Waals surface area contributed by atoms with Gasteiger partial charge in [-0.15, -0.1) is 0 Å². The molecule has 6 heteroatoms. The van der Waals surface area contributed by atoms with Crippen LogP contribution in [0.15, 0.2) is 46.2 Å². The number of alkyl halides is 2. The van der Waals surface area contributed by atoms with Gasteiger partial charge in [0, 0.05) is 18.1 Å². The maximum Gasteiger partial charge on any atom is 0.139 e. The minimum absolute atomic E-state index is 0.474. The van der Waals surface area contributed by atoms with Gasteiger partial charge < -0.3 is 0 Å². The molecule has 0 spiro atoms. The molecule has 0 saturated heterocycles. The van der Waals surface area contributed by atoms with Gasteiger partial charge in [0.25, 0.3) is 0 Å². The fourth-order valence-corrected chi connectivity index (χ4v) is 3.25. The van der Waals surface area contributed by atoms with E-state index in [4.69, 9.17) is 4.99 Å². The third kappa shape index (κ3) is 3.73. The predicted octanol–water partition coefficient (Wildman–Crippen LogP) is 3.87. The highest BCUT2D eigenvalue weighted by atomic mass is 79.9. The molecule has 0 aromatic carbocycles. The molecule has 1 aliphatic rings. The van der Waals surface area contributed by atoms with Gasteiger partial charge >= 0.3 is 0 Å². The molecule has 22 heavy (non-hydrogen) atoms. The van der Waals surface area contributed by atoms with Crippen molar-refractivity contribution in [1.29, 1.82) is 0 Å². The molecular formula is C16H20Br2N4. The maximum atomic E-state index is 4.90. The third-order valence-electron chi connectivity index (χ3n) is 3.72. The quantitative estimate of drug-likeness (QED) is 0.572. The summed E-state index contributed by atoms with van der Waals surface area (Å²) in [4.78, 5) is 13.7. The van der Waals surface area contributed by atoms with Gasteiger partial charge in [0.1, 0.15) is 8.90 Å². The van der Waals surface area contributed by atoms with Crippen LogP contribution in [-0.4, -0.2) is 32.9 Å². The largest absolute Gasteiger partial charge is 0.294 e. The van der Waals surface area contributed by atoms with Crippen LogP contribution in [0.4, 0.5) is 0 Å². The number of nitrogens with one attached hydrogen (secondary N) is 1. The van der Waals surface area contributed by atoms with E-state index in [1.807, 2.05) is 45.3 Å². The van der Waals surface area contributed by atoms with Gasteiger partial charge in [0.2, 0.25) is 0 Å². The van der Waals surface area contributed by atoms with E-state index in [9.17, 15) is 0 Å². The van der Waals surface area contributed by atoms with Crippen LogP contribution in [0.3, 0.4) is 0 Å². The summed E-state index contributed by atoms with van der Waals surface area (Å²) < 4.78 is -0.474. The Balaban J connectivity index is 2.27. The number of dihydropyridines is 1. The number of nitrogens with zero attached hydrogens (tertiary/aromatic N) is 3. The van der Waals surface area contributed by atoms with Crippen LogP contribution in [0.5, 0.6) is 0 Å². The van der Waals surface area contributed by atoms with Crippen LogP contribution in [0, 0.1) is 0 Å². The van der Waals surface area contributed by atoms with E-state index < -0.39 is 8.90 Å². The summed E-state index contributed by atoms with van der Waals surface area (Å²) in [7, 11) is 1.90. The summed E-state index contributed by atoms with van der Waals surface area (Å²) in [5.41, 5.74) is 2.44. The zero-order chi connectivity index (χ0) is 16.2. The van der Waals surface area contributed by atoms with Crippen molar-refractivity contribution in [3.63, 3.8) is 0 Å². The van der Waals surface area contributed by atoms with Gasteiger partial charge in [0.05, 0.1) is 11.4 Å². The fourth-order valence-electron chi connectivity index (χ4n) is 2.25. The summed E-state index contributed by atoms with van der Waals surface area (Å²) in [6.45, 7) is 3.95. The number of pyridine rings is 1. The first-order valence-electron chi connectivity index (χ1n) is 7.19. The number of hydrogen-bond acceptors (Lipinski definition) is 4. The number of halogens is 2. The summed E-state index contributed by atoms with van der Waals surface area (Å²) in [6, 6.07) is 5.97. The van der Waals surface area contributed by atoms with Crippen molar-refractivity contribution >= 4 is 43.8 Å². The lowest BCUT2D eigenvalue weighted by molar-refractivity contribution is 0.402. The zero-order valence-corrected chi connectivity index (χ0v) is 16.1. The molecule has 0 bridgehead atoms. The van der Waals surface area contributed by atoms with E-state index >= 15 is 0 Å². The third-order valence-corrected chi connectivity index (χ3v) is 5.72. The van der Waals surface area contributed by atoms with Gasteiger partial charge in [-0.2, -0.15) is 0 Å².